The molecule has 0 aliphatic heterocycles. The normalized spacial score (nSPS) is 10.3. The molecule has 0 radical (unpaired) electrons. The number of ether oxygens (including phenoxy) is 1. The molecule has 0 fully saturated rings. The Morgan fingerprint density at radius 1 is 1.40 bits per heavy atom. The standard InChI is InChI=1S/C11H8ClNO2/c1-15-11(14)8-6-7-4-2-3-5-9(7)13-10(8)12/h2-6H,1H3. The zero-order chi connectivity index (χ0) is 10.8. The fourth-order valence-electron chi connectivity index (χ4n) is 1.35. The third-order valence-electron chi connectivity index (χ3n) is 2.08. The lowest BCUT2D eigenvalue weighted by atomic mass is 10.1. The van der Waals surface area contributed by atoms with Gasteiger partial charge in [-0.15, -0.1) is 0 Å². The zero-order valence-electron chi connectivity index (χ0n) is 8.03. The number of nitrogens with zero attached hydrogens (tertiary/aromatic N) is 1. The highest BCUT2D eigenvalue weighted by Crippen LogP contribution is 2.20. The van der Waals surface area contributed by atoms with Crippen LogP contribution >= 0.6 is 11.6 Å². The molecule has 0 spiro atoms. The van der Waals surface area contributed by atoms with Crippen LogP contribution < -0.4 is 0 Å². The van der Waals surface area contributed by atoms with Gasteiger partial charge >= 0.3 is 5.97 Å². The zero-order valence-corrected chi connectivity index (χ0v) is 8.78. The van der Waals surface area contributed by atoms with Crippen molar-refractivity contribution in [1.82, 2.24) is 4.98 Å². The van der Waals surface area contributed by atoms with Crippen molar-refractivity contribution in [2.24, 2.45) is 0 Å². The lowest BCUT2D eigenvalue weighted by molar-refractivity contribution is 0.0600. The van der Waals surface area contributed by atoms with Gasteiger partial charge in [-0.05, 0) is 12.1 Å². The average Bonchev–Trinajstić information content (AvgIpc) is 2.27. The van der Waals surface area contributed by atoms with Crippen molar-refractivity contribution in [3.8, 4) is 0 Å². The number of carbonyl (C=O) groups is 1. The van der Waals surface area contributed by atoms with Crippen molar-refractivity contribution in [1.29, 1.82) is 0 Å². The first-order valence-corrected chi connectivity index (χ1v) is 4.74. The summed E-state index contributed by atoms with van der Waals surface area (Å²) in [5.41, 5.74) is 1.05. The van der Waals surface area contributed by atoms with Crippen LogP contribution in [-0.4, -0.2) is 18.1 Å². The van der Waals surface area contributed by atoms with Crippen LogP contribution in [0.4, 0.5) is 0 Å². The third-order valence-corrected chi connectivity index (χ3v) is 2.37. The number of hydrogen-bond acceptors (Lipinski definition) is 3. The Hall–Kier alpha value is -1.61. The van der Waals surface area contributed by atoms with Gasteiger partial charge in [0.1, 0.15) is 5.15 Å². The van der Waals surface area contributed by atoms with Crippen molar-refractivity contribution >= 4 is 28.5 Å². The molecule has 0 atom stereocenters. The summed E-state index contributed by atoms with van der Waals surface area (Å²) in [5.74, 6) is -0.474. The van der Waals surface area contributed by atoms with Gasteiger partial charge in [-0.3, -0.25) is 0 Å². The molecule has 0 amide bonds. The largest absolute Gasteiger partial charge is 0.465 e. The molecule has 0 saturated carbocycles. The predicted molar refractivity (Wildman–Crippen MR) is 58.1 cm³/mol. The lowest BCUT2D eigenvalue weighted by Gasteiger charge is -2.03. The number of benzene rings is 1. The van der Waals surface area contributed by atoms with Crippen LogP contribution in [0.5, 0.6) is 0 Å². The molecule has 76 valence electrons. The molecule has 2 rings (SSSR count). The monoisotopic (exact) mass is 221 g/mol. The number of rotatable bonds is 1. The van der Waals surface area contributed by atoms with Gasteiger partial charge in [0.15, 0.2) is 0 Å². The molecule has 0 aliphatic carbocycles. The van der Waals surface area contributed by atoms with Crippen molar-refractivity contribution in [2.75, 3.05) is 7.11 Å². The first-order chi connectivity index (χ1) is 7.22. The Morgan fingerprint density at radius 2 is 2.13 bits per heavy atom. The Morgan fingerprint density at radius 3 is 2.87 bits per heavy atom. The van der Waals surface area contributed by atoms with E-state index in [-0.39, 0.29) is 10.7 Å². The summed E-state index contributed by atoms with van der Waals surface area (Å²) in [7, 11) is 1.31. The molecule has 0 unspecified atom stereocenters. The molecule has 0 aliphatic rings. The van der Waals surface area contributed by atoms with Gasteiger partial charge in [0.25, 0.3) is 0 Å². The number of para-hydroxylation sites is 1. The highest BCUT2D eigenvalue weighted by Gasteiger charge is 2.12. The average molecular weight is 222 g/mol. The second-order valence-electron chi connectivity index (χ2n) is 3.01. The molecule has 0 saturated heterocycles. The van der Waals surface area contributed by atoms with E-state index in [0.29, 0.717) is 0 Å². The van der Waals surface area contributed by atoms with Crippen LogP contribution in [0.15, 0.2) is 30.3 Å². The molecule has 1 aromatic carbocycles. The predicted octanol–water partition coefficient (Wildman–Crippen LogP) is 2.67. The van der Waals surface area contributed by atoms with Crippen molar-refractivity contribution in [2.45, 2.75) is 0 Å². The highest BCUT2D eigenvalue weighted by molar-refractivity contribution is 6.32. The molecule has 15 heavy (non-hydrogen) atoms. The molecular formula is C11H8ClNO2. The van der Waals surface area contributed by atoms with Gasteiger partial charge in [-0.2, -0.15) is 0 Å². The Kier molecular flexibility index (Phi) is 2.56. The van der Waals surface area contributed by atoms with Crippen LogP contribution in [0.1, 0.15) is 10.4 Å². The van der Waals surface area contributed by atoms with Crippen LogP contribution in [0.2, 0.25) is 5.15 Å². The third kappa shape index (κ3) is 1.78. The maximum atomic E-state index is 11.3. The van der Waals surface area contributed by atoms with Crippen molar-refractivity contribution in [3.63, 3.8) is 0 Å². The number of esters is 1. The number of fused-ring (bicyclic) bond motifs is 1. The number of hydrogen-bond donors (Lipinski definition) is 0. The second kappa shape index (κ2) is 3.87. The molecule has 1 aromatic heterocycles. The smallest absolute Gasteiger partial charge is 0.341 e. The van der Waals surface area contributed by atoms with Crippen LogP contribution in [0, 0.1) is 0 Å². The SMILES string of the molecule is COC(=O)c1cc2ccccc2nc1Cl. The van der Waals surface area contributed by atoms with Crippen LogP contribution in [0.25, 0.3) is 10.9 Å². The number of aromatic nitrogens is 1. The van der Waals surface area contributed by atoms with Crippen LogP contribution in [-0.2, 0) is 4.74 Å². The van der Waals surface area contributed by atoms with Gasteiger partial charge in [-0.1, -0.05) is 29.8 Å². The summed E-state index contributed by atoms with van der Waals surface area (Å²) in [6, 6.07) is 9.12. The Bertz CT molecular complexity index is 525. The fourth-order valence-corrected chi connectivity index (χ4v) is 1.57. The van der Waals surface area contributed by atoms with E-state index < -0.39 is 5.97 Å². The number of carbonyl (C=O) groups excluding carboxylic acids is 1. The van der Waals surface area contributed by atoms with E-state index in [0.717, 1.165) is 10.9 Å². The minimum atomic E-state index is -0.474. The molecule has 2 aromatic rings. The summed E-state index contributed by atoms with van der Waals surface area (Å²) in [4.78, 5) is 15.4. The maximum Gasteiger partial charge on any atom is 0.341 e. The molecule has 1 heterocycles. The molecule has 4 heteroatoms. The van der Waals surface area contributed by atoms with Gasteiger partial charge in [-0.25, -0.2) is 9.78 Å². The first kappa shape index (κ1) is 9.93. The topological polar surface area (TPSA) is 39.2 Å². The number of methoxy groups -OCH3 is 1. The van der Waals surface area contributed by atoms with E-state index in [1.165, 1.54) is 7.11 Å². The van der Waals surface area contributed by atoms with E-state index in [9.17, 15) is 4.79 Å². The van der Waals surface area contributed by atoms with E-state index >= 15 is 0 Å². The summed E-state index contributed by atoms with van der Waals surface area (Å²) in [6.07, 6.45) is 0. The molecule has 3 nitrogen and oxygen atoms in total. The van der Waals surface area contributed by atoms with Gasteiger partial charge in [0.2, 0.25) is 0 Å². The van der Waals surface area contributed by atoms with Crippen molar-refractivity contribution < 1.29 is 9.53 Å². The second-order valence-corrected chi connectivity index (χ2v) is 3.37. The van der Waals surface area contributed by atoms with Gasteiger partial charge < -0.3 is 4.74 Å². The number of halogens is 1. The van der Waals surface area contributed by atoms with E-state index in [4.69, 9.17) is 11.6 Å². The summed E-state index contributed by atoms with van der Waals surface area (Å²) < 4.78 is 4.60. The first-order valence-electron chi connectivity index (χ1n) is 4.36. The van der Waals surface area contributed by atoms with Gasteiger partial charge in [0.05, 0.1) is 18.2 Å². The Labute approximate surface area is 91.6 Å². The van der Waals surface area contributed by atoms with Crippen molar-refractivity contribution in [3.05, 3.63) is 41.0 Å². The quantitative estimate of drug-likeness (QED) is 0.549. The summed E-state index contributed by atoms with van der Waals surface area (Å²) in [6.45, 7) is 0. The lowest BCUT2D eigenvalue weighted by Crippen LogP contribution is -2.03. The maximum absolute atomic E-state index is 11.3. The number of pyridine rings is 1. The summed E-state index contributed by atoms with van der Waals surface area (Å²) in [5, 5.41) is 1.03. The fraction of sp³-hybridized carbons (Fsp3) is 0.0909. The minimum Gasteiger partial charge on any atom is -0.465 e. The molecule has 0 bridgehead atoms. The Balaban J connectivity index is 2.67. The van der Waals surface area contributed by atoms with Crippen LogP contribution in [0.3, 0.4) is 0 Å². The molecular weight excluding hydrogens is 214 g/mol. The minimum absolute atomic E-state index is 0.167. The summed E-state index contributed by atoms with van der Waals surface area (Å²) >= 11 is 5.86. The van der Waals surface area contributed by atoms with E-state index in [1.54, 1.807) is 6.07 Å². The van der Waals surface area contributed by atoms with E-state index in [2.05, 4.69) is 9.72 Å². The molecule has 0 N–H and O–H groups in total. The van der Waals surface area contributed by atoms with Gasteiger partial charge in [0, 0.05) is 5.39 Å². The van der Waals surface area contributed by atoms with E-state index in [1.807, 2.05) is 24.3 Å². The highest BCUT2D eigenvalue weighted by atomic mass is 35.5.